The zero-order valence-corrected chi connectivity index (χ0v) is 10.5. The number of anilines is 1. The molecular weight excluding hydrogens is 216 g/mol. The van der Waals surface area contributed by atoms with E-state index in [1.165, 1.54) is 6.42 Å². The summed E-state index contributed by atoms with van der Waals surface area (Å²) >= 11 is 0. The molecule has 94 valence electrons. The maximum absolute atomic E-state index is 5.62. The van der Waals surface area contributed by atoms with Gasteiger partial charge >= 0.3 is 0 Å². The van der Waals surface area contributed by atoms with Crippen LogP contribution in [0, 0.1) is 0 Å². The predicted octanol–water partition coefficient (Wildman–Crippen LogP) is 0.811. The fraction of sp³-hybridized carbons (Fsp3) is 0.667. The largest absolute Gasteiger partial charge is 0.376 e. The van der Waals surface area contributed by atoms with Gasteiger partial charge < -0.3 is 15.0 Å². The second-order valence-corrected chi connectivity index (χ2v) is 4.41. The van der Waals surface area contributed by atoms with Crippen molar-refractivity contribution in [2.45, 2.75) is 25.5 Å². The van der Waals surface area contributed by atoms with Crippen molar-refractivity contribution in [2.75, 3.05) is 32.1 Å². The molecule has 0 aliphatic carbocycles. The van der Waals surface area contributed by atoms with Crippen molar-refractivity contribution in [3.8, 4) is 0 Å². The van der Waals surface area contributed by atoms with Crippen molar-refractivity contribution in [3.05, 3.63) is 18.1 Å². The second kappa shape index (κ2) is 5.93. The Morgan fingerprint density at radius 2 is 2.41 bits per heavy atom. The van der Waals surface area contributed by atoms with Crippen molar-refractivity contribution in [2.24, 2.45) is 0 Å². The van der Waals surface area contributed by atoms with Gasteiger partial charge in [-0.2, -0.15) is 0 Å². The summed E-state index contributed by atoms with van der Waals surface area (Å²) in [7, 11) is 3.94. The zero-order chi connectivity index (χ0) is 12.1. The van der Waals surface area contributed by atoms with Crippen LogP contribution in [0.2, 0.25) is 0 Å². The maximum atomic E-state index is 5.62. The minimum Gasteiger partial charge on any atom is -0.376 e. The van der Waals surface area contributed by atoms with Crippen molar-refractivity contribution in [3.63, 3.8) is 0 Å². The molecule has 2 heterocycles. The number of nitrogens with one attached hydrogen (secondary N) is 1. The molecule has 0 saturated carbocycles. The smallest absolute Gasteiger partial charge is 0.147 e. The third-order valence-electron chi connectivity index (χ3n) is 2.92. The van der Waals surface area contributed by atoms with Crippen LogP contribution in [0.25, 0.3) is 0 Å². The second-order valence-electron chi connectivity index (χ2n) is 4.41. The van der Waals surface area contributed by atoms with Crippen LogP contribution in [0.3, 0.4) is 0 Å². The molecule has 1 aliphatic heterocycles. The highest BCUT2D eigenvalue weighted by Gasteiger charge is 2.18. The summed E-state index contributed by atoms with van der Waals surface area (Å²) in [4.78, 5) is 10.9. The number of ether oxygens (including phenoxy) is 1. The van der Waals surface area contributed by atoms with E-state index in [9.17, 15) is 0 Å². The van der Waals surface area contributed by atoms with Gasteiger partial charge in [0.15, 0.2) is 0 Å². The van der Waals surface area contributed by atoms with Crippen LogP contribution in [0.1, 0.15) is 18.5 Å². The molecule has 0 radical (unpaired) electrons. The molecule has 0 spiro atoms. The summed E-state index contributed by atoms with van der Waals surface area (Å²) in [6.07, 6.45) is 6.25. The first kappa shape index (κ1) is 12.3. The van der Waals surface area contributed by atoms with Gasteiger partial charge in [0.1, 0.15) is 5.82 Å². The number of nitrogens with zero attached hydrogens (tertiary/aromatic N) is 3. The maximum Gasteiger partial charge on any atom is 0.147 e. The molecule has 1 atom stereocenters. The minimum atomic E-state index is 0.342. The molecule has 1 aromatic rings. The van der Waals surface area contributed by atoms with Crippen molar-refractivity contribution >= 4 is 5.82 Å². The van der Waals surface area contributed by atoms with Crippen LogP contribution in [0.4, 0.5) is 5.82 Å². The van der Waals surface area contributed by atoms with E-state index >= 15 is 0 Å². The lowest BCUT2D eigenvalue weighted by Crippen LogP contribution is -2.29. The number of hydrogen-bond donors (Lipinski definition) is 1. The molecular formula is C12H20N4O. The molecule has 0 aromatic carbocycles. The molecule has 17 heavy (non-hydrogen) atoms. The van der Waals surface area contributed by atoms with E-state index in [2.05, 4.69) is 20.2 Å². The number of rotatable bonds is 5. The Labute approximate surface area is 102 Å². The summed E-state index contributed by atoms with van der Waals surface area (Å²) in [5.74, 6) is 0.910. The van der Waals surface area contributed by atoms with Crippen LogP contribution in [0.5, 0.6) is 0 Å². The molecule has 1 saturated heterocycles. The van der Waals surface area contributed by atoms with Crippen LogP contribution in [-0.2, 0) is 11.3 Å². The average Bonchev–Trinajstić information content (AvgIpc) is 2.83. The van der Waals surface area contributed by atoms with Gasteiger partial charge in [0, 0.05) is 32.9 Å². The first-order valence-electron chi connectivity index (χ1n) is 6.08. The molecule has 0 bridgehead atoms. The van der Waals surface area contributed by atoms with Crippen molar-refractivity contribution in [1.82, 2.24) is 15.3 Å². The van der Waals surface area contributed by atoms with E-state index in [0.29, 0.717) is 6.10 Å². The van der Waals surface area contributed by atoms with Crippen LogP contribution in [-0.4, -0.2) is 43.3 Å². The Bertz CT molecular complexity index is 352. The fourth-order valence-electron chi connectivity index (χ4n) is 2.03. The molecule has 1 unspecified atom stereocenters. The monoisotopic (exact) mass is 236 g/mol. The van der Waals surface area contributed by atoms with E-state index in [1.807, 2.05) is 14.1 Å². The Morgan fingerprint density at radius 3 is 3.12 bits per heavy atom. The van der Waals surface area contributed by atoms with E-state index < -0.39 is 0 Å². The number of aromatic nitrogens is 2. The van der Waals surface area contributed by atoms with E-state index in [1.54, 1.807) is 12.4 Å². The van der Waals surface area contributed by atoms with E-state index in [4.69, 9.17) is 4.74 Å². The lowest BCUT2D eigenvalue weighted by atomic mass is 10.2. The summed E-state index contributed by atoms with van der Waals surface area (Å²) in [6, 6.07) is 0. The Hall–Kier alpha value is -1.20. The van der Waals surface area contributed by atoms with Gasteiger partial charge in [0.05, 0.1) is 18.0 Å². The minimum absolute atomic E-state index is 0.342. The van der Waals surface area contributed by atoms with Crippen molar-refractivity contribution < 1.29 is 4.74 Å². The fourth-order valence-corrected chi connectivity index (χ4v) is 2.03. The zero-order valence-electron chi connectivity index (χ0n) is 10.5. The lowest BCUT2D eigenvalue weighted by molar-refractivity contribution is 0.116. The molecule has 2 rings (SSSR count). The van der Waals surface area contributed by atoms with Crippen LogP contribution in [0.15, 0.2) is 12.4 Å². The quantitative estimate of drug-likeness (QED) is 0.820. The standard InChI is InChI=1S/C12H20N4O/c1-13-6-10-7-14-8-12(15-10)16(2)9-11-4-3-5-17-11/h7-8,11,13H,3-6,9H2,1-2H3. The van der Waals surface area contributed by atoms with Gasteiger partial charge in [-0.05, 0) is 19.9 Å². The average molecular weight is 236 g/mol. The Morgan fingerprint density at radius 1 is 1.53 bits per heavy atom. The van der Waals surface area contributed by atoms with Crippen LogP contribution >= 0.6 is 0 Å². The molecule has 1 aromatic heterocycles. The summed E-state index contributed by atoms with van der Waals surface area (Å²) in [5.41, 5.74) is 0.962. The van der Waals surface area contributed by atoms with Crippen LogP contribution < -0.4 is 10.2 Å². The van der Waals surface area contributed by atoms with Gasteiger partial charge in [-0.15, -0.1) is 0 Å². The SMILES string of the molecule is CNCc1cncc(N(C)CC2CCCO2)n1. The molecule has 1 aliphatic rings. The van der Waals surface area contributed by atoms with E-state index in [-0.39, 0.29) is 0 Å². The predicted molar refractivity (Wildman–Crippen MR) is 67.0 cm³/mol. The number of hydrogen-bond acceptors (Lipinski definition) is 5. The van der Waals surface area contributed by atoms with Gasteiger partial charge in [-0.1, -0.05) is 0 Å². The highest BCUT2D eigenvalue weighted by Crippen LogP contribution is 2.15. The highest BCUT2D eigenvalue weighted by molar-refractivity contribution is 5.35. The highest BCUT2D eigenvalue weighted by atomic mass is 16.5. The van der Waals surface area contributed by atoms with Gasteiger partial charge in [0.25, 0.3) is 0 Å². The molecule has 5 heteroatoms. The summed E-state index contributed by atoms with van der Waals surface area (Å²) in [6.45, 7) is 2.52. The van der Waals surface area contributed by atoms with Gasteiger partial charge in [-0.3, -0.25) is 4.98 Å². The Kier molecular flexibility index (Phi) is 4.28. The number of likely N-dealkylation sites (N-methyl/N-ethyl adjacent to an activating group) is 1. The van der Waals surface area contributed by atoms with E-state index in [0.717, 1.165) is 37.6 Å². The third-order valence-corrected chi connectivity index (χ3v) is 2.92. The van der Waals surface area contributed by atoms with Gasteiger partial charge in [0.2, 0.25) is 0 Å². The Balaban J connectivity index is 1.97. The molecule has 1 N–H and O–H groups in total. The third kappa shape index (κ3) is 3.38. The summed E-state index contributed by atoms with van der Waals surface area (Å²) in [5, 5.41) is 3.08. The molecule has 1 fully saturated rings. The molecule has 0 amide bonds. The molecule has 5 nitrogen and oxygen atoms in total. The first-order chi connectivity index (χ1) is 8.29. The topological polar surface area (TPSA) is 50.3 Å². The van der Waals surface area contributed by atoms with Gasteiger partial charge in [-0.25, -0.2) is 4.98 Å². The lowest BCUT2D eigenvalue weighted by Gasteiger charge is -2.21. The van der Waals surface area contributed by atoms with Crippen molar-refractivity contribution in [1.29, 1.82) is 0 Å². The first-order valence-corrected chi connectivity index (χ1v) is 6.08. The normalized spacial score (nSPS) is 19.5. The summed E-state index contributed by atoms with van der Waals surface area (Å²) < 4.78 is 5.62.